The Hall–Kier alpha value is -1.08. The maximum absolute atomic E-state index is 11.4. The number of nitrogens with one attached hydrogen (secondary N) is 2. The van der Waals surface area contributed by atoms with E-state index in [1.54, 1.807) is 0 Å². The van der Waals surface area contributed by atoms with Crippen molar-refractivity contribution in [1.29, 1.82) is 5.26 Å². The molecule has 0 radical (unpaired) electrons. The minimum Gasteiger partial charge on any atom is -0.354 e. The molecule has 0 spiro atoms. The van der Waals surface area contributed by atoms with Crippen LogP contribution in [0, 0.1) is 17.2 Å². The van der Waals surface area contributed by atoms with Crippen LogP contribution in [0.5, 0.6) is 0 Å². The van der Waals surface area contributed by atoms with E-state index in [9.17, 15) is 4.79 Å². The fraction of sp³-hybridized carbons (Fsp3) is 0.846. The zero-order chi connectivity index (χ0) is 12.5. The first-order valence-electron chi connectivity index (χ1n) is 6.61. The third kappa shape index (κ3) is 5.69. The van der Waals surface area contributed by atoms with Crippen LogP contribution in [-0.4, -0.2) is 25.0 Å². The van der Waals surface area contributed by atoms with Crippen LogP contribution in [0.1, 0.15) is 45.4 Å². The van der Waals surface area contributed by atoms with Crippen LogP contribution in [-0.2, 0) is 4.79 Å². The summed E-state index contributed by atoms with van der Waals surface area (Å²) in [5.41, 5.74) is 0. The average Bonchev–Trinajstić information content (AvgIpc) is 2.37. The van der Waals surface area contributed by atoms with E-state index >= 15 is 0 Å². The molecular formula is C13H23N3O. The molecule has 0 aromatic carbocycles. The molecule has 4 nitrogen and oxygen atoms in total. The summed E-state index contributed by atoms with van der Waals surface area (Å²) in [5, 5.41) is 14.4. The van der Waals surface area contributed by atoms with Gasteiger partial charge in [0.25, 0.3) is 0 Å². The monoisotopic (exact) mass is 237 g/mol. The second-order valence-electron chi connectivity index (χ2n) is 4.83. The molecule has 0 unspecified atom stereocenters. The lowest BCUT2D eigenvalue weighted by Crippen LogP contribution is -2.41. The molecule has 1 amide bonds. The minimum atomic E-state index is -0.0112. The molecular weight excluding hydrogens is 214 g/mol. The molecule has 1 saturated carbocycles. The molecule has 96 valence electrons. The zero-order valence-corrected chi connectivity index (χ0v) is 10.7. The van der Waals surface area contributed by atoms with Crippen molar-refractivity contribution in [3.63, 3.8) is 0 Å². The number of carbonyl (C=O) groups excluding carboxylic acids is 1. The van der Waals surface area contributed by atoms with Gasteiger partial charge in [-0.05, 0) is 25.7 Å². The number of amides is 1. The van der Waals surface area contributed by atoms with E-state index in [4.69, 9.17) is 5.26 Å². The highest BCUT2D eigenvalue weighted by molar-refractivity contribution is 5.77. The minimum absolute atomic E-state index is 0.0112. The van der Waals surface area contributed by atoms with Crippen molar-refractivity contribution in [2.24, 2.45) is 5.92 Å². The standard InChI is InChI=1S/C13H23N3O/c1-11(12-6-3-2-4-7-12)16-10-13(17)15-9-5-8-14/h11-12,16H,2-7,9-10H2,1H3,(H,15,17)/t11-/m0/s1. The van der Waals surface area contributed by atoms with Crippen LogP contribution in [0.25, 0.3) is 0 Å². The van der Waals surface area contributed by atoms with Crippen molar-refractivity contribution in [3.8, 4) is 6.07 Å². The quantitative estimate of drug-likeness (QED) is 0.689. The first-order valence-corrected chi connectivity index (χ1v) is 6.61. The molecule has 1 rings (SSSR count). The Morgan fingerprint density at radius 1 is 1.41 bits per heavy atom. The van der Waals surface area contributed by atoms with Gasteiger partial charge in [-0.25, -0.2) is 0 Å². The van der Waals surface area contributed by atoms with Crippen LogP contribution in [0.4, 0.5) is 0 Å². The van der Waals surface area contributed by atoms with Crippen LogP contribution in [0.2, 0.25) is 0 Å². The van der Waals surface area contributed by atoms with Crippen molar-refractivity contribution in [2.75, 3.05) is 13.1 Å². The van der Waals surface area contributed by atoms with Crippen LogP contribution >= 0.6 is 0 Å². The molecule has 0 aromatic heterocycles. The average molecular weight is 237 g/mol. The number of hydrogen-bond donors (Lipinski definition) is 2. The molecule has 17 heavy (non-hydrogen) atoms. The highest BCUT2D eigenvalue weighted by Crippen LogP contribution is 2.26. The van der Waals surface area contributed by atoms with Crippen molar-refractivity contribution < 1.29 is 4.79 Å². The second kappa shape index (κ2) is 8.08. The number of carbonyl (C=O) groups is 1. The lowest BCUT2D eigenvalue weighted by Gasteiger charge is -2.28. The van der Waals surface area contributed by atoms with Gasteiger partial charge in [-0.1, -0.05) is 19.3 Å². The van der Waals surface area contributed by atoms with Crippen molar-refractivity contribution in [3.05, 3.63) is 0 Å². The molecule has 0 aromatic rings. The van der Waals surface area contributed by atoms with Gasteiger partial charge in [0.05, 0.1) is 19.0 Å². The lowest BCUT2D eigenvalue weighted by atomic mass is 9.84. The lowest BCUT2D eigenvalue weighted by molar-refractivity contribution is -0.120. The number of hydrogen-bond acceptors (Lipinski definition) is 3. The Labute approximate surface area is 104 Å². The van der Waals surface area contributed by atoms with Crippen LogP contribution in [0.3, 0.4) is 0 Å². The van der Waals surface area contributed by atoms with Gasteiger partial charge in [-0.15, -0.1) is 0 Å². The molecule has 0 bridgehead atoms. The summed E-state index contributed by atoms with van der Waals surface area (Å²) in [4.78, 5) is 11.4. The maximum Gasteiger partial charge on any atom is 0.233 e. The molecule has 4 heteroatoms. The summed E-state index contributed by atoms with van der Waals surface area (Å²) in [6.07, 6.45) is 6.95. The van der Waals surface area contributed by atoms with E-state index in [1.807, 2.05) is 6.07 Å². The molecule has 0 saturated heterocycles. The van der Waals surface area contributed by atoms with E-state index in [0.717, 1.165) is 5.92 Å². The molecule has 1 aliphatic carbocycles. The van der Waals surface area contributed by atoms with Crippen LogP contribution in [0.15, 0.2) is 0 Å². The Bertz CT molecular complexity index is 266. The first kappa shape index (κ1) is 14.0. The zero-order valence-electron chi connectivity index (χ0n) is 10.7. The Morgan fingerprint density at radius 2 is 2.12 bits per heavy atom. The van der Waals surface area contributed by atoms with Crippen LogP contribution < -0.4 is 10.6 Å². The summed E-state index contributed by atoms with van der Waals surface area (Å²) in [6.45, 7) is 2.98. The molecule has 1 atom stereocenters. The van der Waals surface area contributed by atoms with E-state index in [1.165, 1.54) is 32.1 Å². The fourth-order valence-electron chi connectivity index (χ4n) is 2.37. The third-order valence-electron chi connectivity index (χ3n) is 3.50. The number of rotatable bonds is 6. The second-order valence-corrected chi connectivity index (χ2v) is 4.83. The topological polar surface area (TPSA) is 64.9 Å². The SMILES string of the molecule is C[C@H](NCC(=O)NCCC#N)C1CCCCC1. The molecule has 0 aliphatic heterocycles. The van der Waals surface area contributed by atoms with E-state index in [-0.39, 0.29) is 5.91 Å². The Balaban J connectivity index is 2.11. The summed E-state index contributed by atoms with van der Waals surface area (Å²) >= 11 is 0. The van der Waals surface area contributed by atoms with Crippen molar-refractivity contribution in [2.45, 2.75) is 51.5 Å². The van der Waals surface area contributed by atoms with Gasteiger partial charge in [0.15, 0.2) is 0 Å². The van der Waals surface area contributed by atoms with E-state index in [2.05, 4.69) is 17.6 Å². The number of nitriles is 1. The molecule has 0 heterocycles. The predicted octanol–water partition coefficient (Wildman–Crippen LogP) is 1.57. The van der Waals surface area contributed by atoms with Gasteiger partial charge >= 0.3 is 0 Å². The van der Waals surface area contributed by atoms with Gasteiger partial charge in [-0.2, -0.15) is 5.26 Å². The molecule has 1 fully saturated rings. The smallest absolute Gasteiger partial charge is 0.233 e. The van der Waals surface area contributed by atoms with E-state index < -0.39 is 0 Å². The summed E-state index contributed by atoms with van der Waals surface area (Å²) < 4.78 is 0. The Morgan fingerprint density at radius 3 is 2.76 bits per heavy atom. The van der Waals surface area contributed by atoms with Gasteiger partial charge < -0.3 is 10.6 Å². The van der Waals surface area contributed by atoms with Gasteiger partial charge in [0, 0.05) is 12.6 Å². The normalized spacial score (nSPS) is 18.4. The van der Waals surface area contributed by atoms with Gasteiger partial charge in [0.2, 0.25) is 5.91 Å². The fourth-order valence-corrected chi connectivity index (χ4v) is 2.37. The molecule has 1 aliphatic rings. The highest BCUT2D eigenvalue weighted by Gasteiger charge is 2.19. The maximum atomic E-state index is 11.4. The molecule has 2 N–H and O–H groups in total. The van der Waals surface area contributed by atoms with Crippen molar-refractivity contribution in [1.82, 2.24) is 10.6 Å². The summed E-state index contributed by atoms with van der Waals surface area (Å²) in [5.74, 6) is 0.707. The summed E-state index contributed by atoms with van der Waals surface area (Å²) in [7, 11) is 0. The van der Waals surface area contributed by atoms with Gasteiger partial charge in [-0.3, -0.25) is 4.79 Å². The van der Waals surface area contributed by atoms with E-state index in [0.29, 0.717) is 25.6 Å². The number of nitrogens with zero attached hydrogens (tertiary/aromatic N) is 1. The summed E-state index contributed by atoms with van der Waals surface area (Å²) in [6, 6.07) is 2.42. The van der Waals surface area contributed by atoms with Gasteiger partial charge in [0.1, 0.15) is 0 Å². The Kier molecular flexibility index (Phi) is 6.64. The highest BCUT2D eigenvalue weighted by atomic mass is 16.1. The largest absolute Gasteiger partial charge is 0.354 e. The van der Waals surface area contributed by atoms with Crippen molar-refractivity contribution >= 4 is 5.91 Å². The predicted molar refractivity (Wildman–Crippen MR) is 67.3 cm³/mol. The third-order valence-corrected chi connectivity index (χ3v) is 3.50. The first-order chi connectivity index (χ1) is 8.24.